The molecule has 0 atom stereocenters. The third-order valence-corrected chi connectivity index (χ3v) is 3.29. The van der Waals surface area contributed by atoms with E-state index in [9.17, 15) is 9.59 Å². The van der Waals surface area contributed by atoms with Crippen LogP contribution in [0, 0.1) is 6.92 Å². The highest BCUT2D eigenvalue weighted by atomic mass is 35.5. The summed E-state index contributed by atoms with van der Waals surface area (Å²) in [6, 6.07) is 8.34. The summed E-state index contributed by atoms with van der Waals surface area (Å²) in [5.74, 6) is -0.774. The first-order chi connectivity index (χ1) is 9.09. The lowest BCUT2D eigenvalue weighted by Gasteiger charge is -2.16. The molecule has 0 radical (unpaired) electrons. The van der Waals surface area contributed by atoms with Crippen molar-refractivity contribution in [2.45, 2.75) is 6.92 Å². The molecule has 1 aromatic carbocycles. The molecule has 2 aromatic rings. The number of nitrogens with zero attached hydrogens (tertiary/aromatic N) is 2. The Morgan fingerprint density at radius 2 is 1.95 bits per heavy atom. The number of aryl methyl sites for hydroxylation is 1. The molecule has 2 heterocycles. The van der Waals surface area contributed by atoms with Crippen LogP contribution in [0.2, 0.25) is 5.02 Å². The molecule has 0 unspecified atom stereocenters. The number of benzene rings is 1. The lowest BCUT2D eigenvalue weighted by molar-refractivity contribution is 0.0924. The van der Waals surface area contributed by atoms with Gasteiger partial charge in [-0.25, -0.2) is 4.90 Å². The molecule has 0 bridgehead atoms. The van der Waals surface area contributed by atoms with Crippen molar-refractivity contribution in [2.24, 2.45) is 0 Å². The number of imide groups is 1. The van der Waals surface area contributed by atoms with Gasteiger partial charge in [0.1, 0.15) is 5.69 Å². The number of amides is 2. The van der Waals surface area contributed by atoms with Gasteiger partial charge in [-0.05, 0) is 36.8 Å². The number of halogens is 1. The topological polar surface area (TPSA) is 50.3 Å². The minimum atomic E-state index is -0.411. The summed E-state index contributed by atoms with van der Waals surface area (Å²) in [6.07, 6.45) is 1.50. The van der Waals surface area contributed by atoms with Gasteiger partial charge in [0.25, 0.3) is 11.8 Å². The largest absolute Gasteiger partial charge is 0.284 e. The number of hydrogen-bond acceptors (Lipinski definition) is 3. The molecular weight excluding hydrogens is 264 g/mol. The summed E-state index contributed by atoms with van der Waals surface area (Å²) in [5.41, 5.74) is 1.82. The summed E-state index contributed by atoms with van der Waals surface area (Å²) in [7, 11) is 0. The van der Waals surface area contributed by atoms with E-state index in [1.807, 2.05) is 6.92 Å². The zero-order valence-electron chi connectivity index (χ0n) is 10.1. The molecule has 3 rings (SSSR count). The molecular formula is C14H9ClN2O2. The normalized spacial score (nSPS) is 13.9. The Bertz CT molecular complexity index is 677. The standard InChI is InChI=1S/C14H9ClN2O2/c1-8-4-5-9(15)7-11(8)17-13(18)10-3-2-6-16-12(10)14(17)19/h2-7H,1H3. The van der Waals surface area contributed by atoms with Crippen molar-refractivity contribution < 1.29 is 9.59 Å². The third-order valence-electron chi connectivity index (χ3n) is 3.06. The molecule has 5 heteroatoms. The smallest absolute Gasteiger partial charge is 0.268 e. The van der Waals surface area contributed by atoms with Crippen molar-refractivity contribution >= 4 is 29.1 Å². The summed E-state index contributed by atoms with van der Waals surface area (Å²) in [6.45, 7) is 1.82. The van der Waals surface area contributed by atoms with Crippen LogP contribution in [0.4, 0.5) is 5.69 Å². The van der Waals surface area contributed by atoms with Crippen LogP contribution >= 0.6 is 11.6 Å². The molecule has 19 heavy (non-hydrogen) atoms. The predicted molar refractivity (Wildman–Crippen MR) is 71.6 cm³/mol. The second kappa shape index (κ2) is 4.17. The fraction of sp³-hybridized carbons (Fsp3) is 0.0714. The Labute approximate surface area is 114 Å². The van der Waals surface area contributed by atoms with Crippen molar-refractivity contribution in [1.82, 2.24) is 4.98 Å². The second-order valence-electron chi connectivity index (χ2n) is 4.28. The summed E-state index contributed by atoms with van der Waals surface area (Å²) in [5, 5.41) is 0.477. The number of carbonyl (C=O) groups excluding carboxylic acids is 2. The Balaban J connectivity index is 2.17. The zero-order valence-corrected chi connectivity index (χ0v) is 10.8. The Hall–Kier alpha value is -2.20. The van der Waals surface area contributed by atoms with E-state index in [4.69, 9.17) is 11.6 Å². The molecule has 0 spiro atoms. The van der Waals surface area contributed by atoms with Crippen LogP contribution in [0.1, 0.15) is 26.4 Å². The van der Waals surface area contributed by atoms with E-state index < -0.39 is 5.91 Å². The van der Waals surface area contributed by atoms with E-state index in [1.54, 1.807) is 30.3 Å². The van der Waals surface area contributed by atoms with Crippen LogP contribution in [0.3, 0.4) is 0 Å². The molecule has 2 amide bonds. The minimum absolute atomic E-state index is 0.187. The molecule has 0 saturated heterocycles. The van der Waals surface area contributed by atoms with Gasteiger partial charge in [-0.15, -0.1) is 0 Å². The lowest BCUT2D eigenvalue weighted by atomic mass is 10.2. The molecule has 0 saturated carbocycles. The maximum Gasteiger partial charge on any atom is 0.284 e. The van der Waals surface area contributed by atoms with Crippen molar-refractivity contribution in [1.29, 1.82) is 0 Å². The van der Waals surface area contributed by atoms with Gasteiger partial charge in [0.15, 0.2) is 0 Å². The highest BCUT2D eigenvalue weighted by Gasteiger charge is 2.38. The predicted octanol–water partition coefficient (Wildman–Crippen LogP) is 2.84. The number of anilines is 1. The molecule has 1 aliphatic heterocycles. The van der Waals surface area contributed by atoms with E-state index in [-0.39, 0.29) is 11.6 Å². The number of rotatable bonds is 1. The number of aromatic nitrogens is 1. The molecule has 0 N–H and O–H groups in total. The van der Waals surface area contributed by atoms with Gasteiger partial charge in [0.2, 0.25) is 0 Å². The number of fused-ring (bicyclic) bond motifs is 1. The van der Waals surface area contributed by atoms with E-state index in [1.165, 1.54) is 6.20 Å². The van der Waals surface area contributed by atoms with E-state index in [2.05, 4.69) is 4.98 Å². The number of hydrogen-bond donors (Lipinski definition) is 0. The van der Waals surface area contributed by atoms with E-state index >= 15 is 0 Å². The van der Waals surface area contributed by atoms with Crippen LogP contribution in [0.25, 0.3) is 0 Å². The second-order valence-corrected chi connectivity index (χ2v) is 4.71. The first kappa shape index (κ1) is 11.9. The van der Waals surface area contributed by atoms with Crippen LogP contribution in [-0.4, -0.2) is 16.8 Å². The Kier molecular flexibility index (Phi) is 2.61. The van der Waals surface area contributed by atoms with Crippen molar-refractivity contribution in [2.75, 3.05) is 4.90 Å². The van der Waals surface area contributed by atoms with Gasteiger partial charge >= 0.3 is 0 Å². The highest BCUT2D eigenvalue weighted by Crippen LogP contribution is 2.31. The maximum atomic E-state index is 12.3. The Morgan fingerprint density at radius 1 is 1.16 bits per heavy atom. The van der Waals surface area contributed by atoms with Crippen molar-refractivity contribution in [3.63, 3.8) is 0 Å². The van der Waals surface area contributed by atoms with Gasteiger partial charge in [-0.2, -0.15) is 0 Å². The zero-order chi connectivity index (χ0) is 13.6. The molecule has 0 fully saturated rings. The average Bonchev–Trinajstić information content (AvgIpc) is 2.66. The molecule has 0 aliphatic carbocycles. The van der Waals surface area contributed by atoms with Crippen LogP contribution < -0.4 is 4.90 Å². The Morgan fingerprint density at radius 3 is 2.68 bits per heavy atom. The van der Waals surface area contributed by atoms with Gasteiger partial charge < -0.3 is 0 Å². The maximum absolute atomic E-state index is 12.3. The SMILES string of the molecule is Cc1ccc(Cl)cc1N1C(=O)c2cccnc2C1=O. The van der Waals surface area contributed by atoms with Gasteiger partial charge in [-0.3, -0.25) is 14.6 Å². The summed E-state index contributed by atoms with van der Waals surface area (Å²) in [4.78, 5) is 29.7. The molecule has 1 aliphatic rings. The monoisotopic (exact) mass is 272 g/mol. The van der Waals surface area contributed by atoms with Crippen molar-refractivity contribution in [3.8, 4) is 0 Å². The molecule has 1 aromatic heterocycles. The van der Waals surface area contributed by atoms with Gasteiger partial charge in [0.05, 0.1) is 11.3 Å². The fourth-order valence-corrected chi connectivity index (χ4v) is 2.28. The van der Waals surface area contributed by atoms with Crippen molar-refractivity contribution in [3.05, 3.63) is 58.4 Å². The lowest BCUT2D eigenvalue weighted by Crippen LogP contribution is -2.30. The summed E-state index contributed by atoms with van der Waals surface area (Å²) >= 11 is 5.94. The molecule has 4 nitrogen and oxygen atoms in total. The van der Waals surface area contributed by atoms with Gasteiger partial charge in [-0.1, -0.05) is 17.7 Å². The van der Waals surface area contributed by atoms with Gasteiger partial charge in [0, 0.05) is 11.2 Å². The quantitative estimate of drug-likeness (QED) is 0.750. The van der Waals surface area contributed by atoms with Crippen LogP contribution in [0.15, 0.2) is 36.5 Å². The van der Waals surface area contributed by atoms with Crippen LogP contribution in [-0.2, 0) is 0 Å². The van der Waals surface area contributed by atoms with Crippen LogP contribution in [0.5, 0.6) is 0 Å². The van der Waals surface area contributed by atoms with E-state index in [0.29, 0.717) is 16.3 Å². The fourth-order valence-electron chi connectivity index (χ4n) is 2.11. The number of pyridine rings is 1. The number of carbonyl (C=O) groups is 2. The first-order valence-corrected chi connectivity index (χ1v) is 6.07. The van der Waals surface area contributed by atoms with E-state index in [0.717, 1.165) is 10.5 Å². The summed E-state index contributed by atoms with van der Waals surface area (Å²) < 4.78 is 0. The minimum Gasteiger partial charge on any atom is -0.268 e. The third kappa shape index (κ3) is 1.72. The molecule has 94 valence electrons. The first-order valence-electron chi connectivity index (χ1n) is 5.69. The highest BCUT2D eigenvalue weighted by molar-refractivity contribution is 6.35. The average molecular weight is 273 g/mol.